The second-order valence-electron chi connectivity index (χ2n) is 6.21. The van der Waals surface area contributed by atoms with Crippen LogP contribution in [0.3, 0.4) is 0 Å². The third-order valence-electron chi connectivity index (χ3n) is 5.04. The molecule has 0 aromatic heterocycles. The van der Waals surface area contributed by atoms with Gasteiger partial charge in [-0.1, -0.05) is 63.9 Å². The molecule has 1 saturated heterocycles. The van der Waals surface area contributed by atoms with Gasteiger partial charge < -0.3 is 4.74 Å². The van der Waals surface area contributed by atoms with Crippen LogP contribution >= 0.6 is 0 Å². The van der Waals surface area contributed by atoms with Gasteiger partial charge in [0.1, 0.15) is 6.23 Å². The molecule has 0 bridgehead atoms. The van der Waals surface area contributed by atoms with Crippen LogP contribution in [0.15, 0.2) is 24.3 Å². The van der Waals surface area contributed by atoms with Crippen molar-refractivity contribution in [3.63, 3.8) is 0 Å². The van der Waals surface area contributed by atoms with Gasteiger partial charge in [0.15, 0.2) is 0 Å². The fraction of sp³-hybridized carbons (Fsp3) is 0.667. The predicted molar refractivity (Wildman–Crippen MR) is 84.7 cm³/mol. The summed E-state index contributed by atoms with van der Waals surface area (Å²) in [7, 11) is 0. The lowest BCUT2D eigenvalue weighted by Crippen LogP contribution is -2.46. The van der Waals surface area contributed by atoms with E-state index in [1.54, 1.807) is 0 Å². The highest BCUT2D eigenvalue weighted by Gasteiger charge is 2.47. The molecule has 0 radical (unpaired) electrons. The molecule has 1 aromatic rings. The number of rotatable bonds is 5. The third-order valence-corrected chi connectivity index (χ3v) is 5.04. The van der Waals surface area contributed by atoms with Gasteiger partial charge in [-0.2, -0.15) is 0 Å². The Balaban J connectivity index is 2.25. The molecule has 2 heteroatoms. The Morgan fingerprint density at radius 3 is 2.25 bits per heavy atom. The van der Waals surface area contributed by atoms with Crippen LogP contribution in [0.4, 0.5) is 0 Å². The summed E-state index contributed by atoms with van der Waals surface area (Å²) in [5, 5.41) is 3.75. The number of hydrogen-bond donors (Lipinski definition) is 1. The zero-order valence-electron chi connectivity index (χ0n) is 13.6. The first-order valence-corrected chi connectivity index (χ1v) is 8.06. The van der Waals surface area contributed by atoms with Crippen molar-refractivity contribution in [1.29, 1.82) is 0 Å². The van der Waals surface area contributed by atoms with E-state index < -0.39 is 0 Å². The number of hydrogen-bond acceptors (Lipinski definition) is 2. The summed E-state index contributed by atoms with van der Waals surface area (Å²) in [6, 6.07) is 9.13. The maximum atomic E-state index is 6.50. The molecule has 1 unspecified atom stereocenters. The van der Waals surface area contributed by atoms with Gasteiger partial charge in [-0.3, -0.25) is 5.32 Å². The number of ether oxygens (including phenoxy) is 1. The minimum Gasteiger partial charge on any atom is -0.351 e. The van der Waals surface area contributed by atoms with Crippen molar-refractivity contribution in [2.45, 2.75) is 71.8 Å². The molecule has 20 heavy (non-hydrogen) atoms. The lowest BCUT2D eigenvalue weighted by atomic mass is 9.81. The summed E-state index contributed by atoms with van der Waals surface area (Å²) < 4.78 is 6.50. The molecule has 1 aliphatic rings. The van der Waals surface area contributed by atoms with E-state index in [9.17, 15) is 0 Å². The Morgan fingerprint density at radius 1 is 1.15 bits per heavy atom. The quantitative estimate of drug-likeness (QED) is 0.849. The van der Waals surface area contributed by atoms with Crippen molar-refractivity contribution >= 4 is 0 Å². The Morgan fingerprint density at radius 2 is 1.75 bits per heavy atom. The number of benzene rings is 1. The average molecular weight is 275 g/mol. The van der Waals surface area contributed by atoms with Crippen molar-refractivity contribution in [3.05, 3.63) is 35.4 Å². The molecule has 112 valence electrons. The molecular formula is C18H29NO. The van der Waals surface area contributed by atoms with E-state index in [2.05, 4.69) is 64.2 Å². The van der Waals surface area contributed by atoms with Gasteiger partial charge in [0, 0.05) is 6.04 Å². The Bertz CT molecular complexity index is 422. The van der Waals surface area contributed by atoms with Crippen molar-refractivity contribution in [2.24, 2.45) is 5.92 Å². The zero-order valence-corrected chi connectivity index (χ0v) is 13.6. The largest absolute Gasteiger partial charge is 0.351 e. The summed E-state index contributed by atoms with van der Waals surface area (Å²) in [5.74, 6) is 0.630. The Hall–Kier alpha value is -0.860. The molecular weight excluding hydrogens is 246 g/mol. The lowest BCUT2D eigenvalue weighted by Gasteiger charge is -2.35. The first-order valence-electron chi connectivity index (χ1n) is 8.06. The fourth-order valence-corrected chi connectivity index (χ4v) is 3.34. The predicted octanol–water partition coefficient (Wildman–Crippen LogP) is 4.59. The van der Waals surface area contributed by atoms with Crippen molar-refractivity contribution in [2.75, 3.05) is 0 Å². The van der Waals surface area contributed by atoms with Crippen molar-refractivity contribution in [3.8, 4) is 0 Å². The van der Waals surface area contributed by atoms with E-state index in [1.807, 2.05) is 0 Å². The third kappa shape index (κ3) is 2.77. The molecule has 0 aliphatic carbocycles. The fourth-order valence-electron chi connectivity index (χ4n) is 3.34. The van der Waals surface area contributed by atoms with Crippen LogP contribution in [0.1, 0.15) is 64.3 Å². The summed E-state index contributed by atoms with van der Waals surface area (Å²) in [6.45, 7) is 11.2. The number of nitrogens with one attached hydrogen (secondary N) is 1. The van der Waals surface area contributed by atoms with Crippen LogP contribution in [-0.2, 0) is 4.74 Å². The summed E-state index contributed by atoms with van der Waals surface area (Å²) in [4.78, 5) is 0. The second-order valence-corrected chi connectivity index (χ2v) is 6.21. The maximum absolute atomic E-state index is 6.50. The van der Waals surface area contributed by atoms with Crippen LogP contribution in [0.25, 0.3) is 0 Å². The molecule has 1 fully saturated rings. The smallest absolute Gasteiger partial charge is 0.135 e. The van der Waals surface area contributed by atoms with Gasteiger partial charge >= 0.3 is 0 Å². The van der Waals surface area contributed by atoms with E-state index in [4.69, 9.17) is 4.74 Å². The van der Waals surface area contributed by atoms with Gasteiger partial charge in [0.2, 0.25) is 0 Å². The highest BCUT2D eigenvalue weighted by molar-refractivity contribution is 5.24. The minimum atomic E-state index is -0.0228. The summed E-state index contributed by atoms with van der Waals surface area (Å²) in [6.07, 6.45) is 3.35. The van der Waals surface area contributed by atoms with Crippen LogP contribution in [0.2, 0.25) is 0 Å². The first-order chi connectivity index (χ1) is 9.56. The molecule has 2 nitrogen and oxygen atoms in total. The van der Waals surface area contributed by atoms with Crippen LogP contribution < -0.4 is 5.32 Å². The van der Waals surface area contributed by atoms with E-state index >= 15 is 0 Å². The van der Waals surface area contributed by atoms with Gasteiger partial charge in [0.05, 0.1) is 5.60 Å². The van der Waals surface area contributed by atoms with Gasteiger partial charge in [-0.05, 0) is 31.2 Å². The number of aryl methyl sites for hydroxylation is 1. The van der Waals surface area contributed by atoms with Crippen LogP contribution in [0, 0.1) is 12.8 Å². The monoisotopic (exact) mass is 275 g/mol. The Kier molecular flexibility index (Phi) is 4.87. The zero-order chi connectivity index (χ0) is 14.8. The first kappa shape index (κ1) is 15.5. The van der Waals surface area contributed by atoms with E-state index in [0.29, 0.717) is 12.0 Å². The van der Waals surface area contributed by atoms with E-state index in [1.165, 1.54) is 17.5 Å². The van der Waals surface area contributed by atoms with Gasteiger partial charge in [-0.25, -0.2) is 0 Å². The summed E-state index contributed by atoms with van der Waals surface area (Å²) in [5.41, 5.74) is 2.51. The van der Waals surface area contributed by atoms with E-state index in [-0.39, 0.29) is 11.8 Å². The average Bonchev–Trinajstić information content (AvgIpc) is 2.87. The topological polar surface area (TPSA) is 21.3 Å². The molecule has 2 rings (SSSR count). The minimum absolute atomic E-state index is 0.0228. The molecule has 1 N–H and O–H groups in total. The van der Waals surface area contributed by atoms with Crippen molar-refractivity contribution in [1.82, 2.24) is 5.32 Å². The molecule has 3 atom stereocenters. The molecule has 1 aliphatic heterocycles. The highest BCUT2D eigenvalue weighted by atomic mass is 16.5. The normalized spacial score (nSPS) is 26.6. The molecule has 0 amide bonds. The van der Waals surface area contributed by atoms with E-state index in [0.717, 1.165) is 12.8 Å². The van der Waals surface area contributed by atoms with Crippen molar-refractivity contribution < 1.29 is 4.74 Å². The van der Waals surface area contributed by atoms with Gasteiger partial charge in [0.25, 0.3) is 0 Å². The second kappa shape index (κ2) is 6.28. The molecule has 1 heterocycles. The molecule has 0 saturated carbocycles. The van der Waals surface area contributed by atoms with Crippen LogP contribution in [-0.4, -0.2) is 11.6 Å². The Labute approximate surface area is 123 Å². The standard InChI is InChI=1S/C18H29NO/c1-6-14(5)16-18(7-2,8-3)20-17(19-16)15-11-9-13(4)10-12-15/h9-12,14,16-17,19H,6-8H2,1-5H3/t14?,16-,17-/m0/s1. The molecule has 1 aromatic carbocycles. The maximum Gasteiger partial charge on any atom is 0.135 e. The highest BCUT2D eigenvalue weighted by Crippen LogP contribution is 2.41. The molecule has 0 spiro atoms. The SMILES string of the molecule is CCC(C)[C@@H]1N[C@H](c2ccc(C)cc2)OC1(CC)CC. The summed E-state index contributed by atoms with van der Waals surface area (Å²) >= 11 is 0. The lowest BCUT2D eigenvalue weighted by molar-refractivity contribution is -0.0601. The van der Waals surface area contributed by atoms with Crippen LogP contribution in [0.5, 0.6) is 0 Å². The van der Waals surface area contributed by atoms with Gasteiger partial charge in [-0.15, -0.1) is 0 Å².